The van der Waals surface area contributed by atoms with E-state index >= 15 is 0 Å². The maximum absolute atomic E-state index is 14.0. The molecule has 1 saturated carbocycles. The fourth-order valence-corrected chi connectivity index (χ4v) is 3.95. The van der Waals surface area contributed by atoms with Gasteiger partial charge in [-0.15, -0.1) is 0 Å². The average Bonchev–Trinajstić information content (AvgIpc) is 2.38. The Morgan fingerprint density at radius 1 is 1.33 bits per heavy atom. The summed E-state index contributed by atoms with van der Waals surface area (Å²) in [5.41, 5.74) is 0.785. The standard InChI is InChI=1S/C15H23FN2O2S/c1-3-15(7-4-8-15)11-18-21(19,20)14-6-5-12(10-17-2)9-13(14)16/h5-6,9,17-18H,3-4,7-8,10-11H2,1-2H3. The van der Waals surface area contributed by atoms with Crippen LogP contribution in [-0.4, -0.2) is 22.0 Å². The smallest absolute Gasteiger partial charge is 0.243 e. The molecule has 0 amide bonds. The summed E-state index contributed by atoms with van der Waals surface area (Å²) in [6, 6.07) is 4.24. The SMILES string of the molecule is CCC1(CNS(=O)(=O)c2ccc(CNC)cc2F)CCC1. The molecule has 21 heavy (non-hydrogen) atoms. The lowest BCUT2D eigenvalue weighted by Gasteiger charge is -2.41. The van der Waals surface area contributed by atoms with Gasteiger partial charge in [-0.2, -0.15) is 0 Å². The van der Waals surface area contributed by atoms with Gasteiger partial charge in [0.05, 0.1) is 0 Å². The van der Waals surface area contributed by atoms with E-state index in [2.05, 4.69) is 17.0 Å². The first kappa shape index (κ1) is 16.4. The molecule has 1 aromatic rings. The fraction of sp³-hybridized carbons (Fsp3) is 0.600. The number of benzene rings is 1. The van der Waals surface area contributed by atoms with Gasteiger partial charge in [-0.05, 0) is 49.4 Å². The summed E-state index contributed by atoms with van der Waals surface area (Å²) >= 11 is 0. The number of hydrogen-bond acceptors (Lipinski definition) is 3. The molecule has 0 unspecified atom stereocenters. The van der Waals surface area contributed by atoms with E-state index in [9.17, 15) is 12.8 Å². The van der Waals surface area contributed by atoms with Crippen LogP contribution in [-0.2, 0) is 16.6 Å². The Bertz CT molecular complexity index is 592. The topological polar surface area (TPSA) is 58.2 Å². The molecule has 1 aliphatic rings. The molecule has 2 N–H and O–H groups in total. The van der Waals surface area contributed by atoms with Crippen molar-refractivity contribution in [2.24, 2.45) is 5.41 Å². The molecule has 1 fully saturated rings. The lowest BCUT2D eigenvalue weighted by molar-refractivity contribution is 0.133. The van der Waals surface area contributed by atoms with Crippen LogP contribution in [0.5, 0.6) is 0 Å². The van der Waals surface area contributed by atoms with Gasteiger partial charge in [0.15, 0.2) is 0 Å². The largest absolute Gasteiger partial charge is 0.316 e. The lowest BCUT2D eigenvalue weighted by atomic mass is 9.67. The summed E-state index contributed by atoms with van der Waals surface area (Å²) in [6.45, 7) is 2.97. The molecule has 0 bridgehead atoms. The highest BCUT2D eigenvalue weighted by molar-refractivity contribution is 7.89. The van der Waals surface area contributed by atoms with Gasteiger partial charge in [0.25, 0.3) is 0 Å². The van der Waals surface area contributed by atoms with Crippen LogP contribution in [0.1, 0.15) is 38.2 Å². The van der Waals surface area contributed by atoms with Crippen LogP contribution in [0.4, 0.5) is 4.39 Å². The van der Waals surface area contributed by atoms with E-state index in [0.717, 1.165) is 31.2 Å². The summed E-state index contributed by atoms with van der Waals surface area (Å²) in [7, 11) is -2.03. The van der Waals surface area contributed by atoms with Crippen molar-refractivity contribution >= 4 is 10.0 Å². The van der Waals surface area contributed by atoms with Crippen LogP contribution in [0.2, 0.25) is 0 Å². The molecule has 0 atom stereocenters. The van der Waals surface area contributed by atoms with Crippen molar-refractivity contribution in [3.05, 3.63) is 29.6 Å². The number of sulfonamides is 1. The summed E-state index contributed by atoms with van der Waals surface area (Å²) in [5.74, 6) is -0.700. The zero-order valence-corrected chi connectivity index (χ0v) is 13.4. The number of halogens is 1. The summed E-state index contributed by atoms with van der Waals surface area (Å²) in [5, 5.41) is 2.91. The van der Waals surface area contributed by atoms with E-state index < -0.39 is 15.8 Å². The molecule has 6 heteroatoms. The molecule has 4 nitrogen and oxygen atoms in total. The minimum absolute atomic E-state index is 0.0651. The summed E-state index contributed by atoms with van der Waals surface area (Å²) < 4.78 is 41.1. The van der Waals surface area contributed by atoms with E-state index in [-0.39, 0.29) is 10.3 Å². The number of hydrogen-bond donors (Lipinski definition) is 2. The van der Waals surface area contributed by atoms with Crippen LogP contribution in [0, 0.1) is 11.2 Å². The summed E-state index contributed by atoms with van der Waals surface area (Å²) in [6.07, 6.45) is 4.16. The van der Waals surface area contributed by atoms with Crippen molar-refractivity contribution in [1.82, 2.24) is 10.0 Å². The highest BCUT2D eigenvalue weighted by Crippen LogP contribution is 2.43. The van der Waals surface area contributed by atoms with E-state index in [1.807, 2.05) is 0 Å². The number of rotatable bonds is 7. The van der Waals surface area contributed by atoms with Gasteiger partial charge in [0.2, 0.25) is 10.0 Å². The second kappa shape index (κ2) is 6.42. The van der Waals surface area contributed by atoms with Gasteiger partial charge >= 0.3 is 0 Å². The minimum atomic E-state index is -3.79. The summed E-state index contributed by atoms with van der Waals surface area (Å²) in [4.78, 5) is -0.270. The normalized spacial score (nSPS) is 17.5. The van der Waals surface area contributed by atoms with Gasteiger partial charge in [-0.25, -0.2) is 17.5 Å². The van der Waals surface area contributed by atoms with Crippen LogP contribution < -0.4 is 10.0 Å². The maximum atomic E-state index is 14.0. The molecule has 0 aliphatic heterocycles. The highest BCUT2D eigenvalue weighted by Gasteiger charge is 2.36. The first-order valence-corrected chi connectivity index (χ1v) is 8.83. The molecular formula is C15H23FN2O2S. The van der Waals surface area contributed by atoms with Crippen molar-refractivity contribution in [2.45, 2.75) is 44.0 Å². The molecule has 118 valence electrons. The predicted octanol–water partition coefficient (Wildman–Crippen LogP) is 2.40. The molecule has 0 aromatic heterocycles. The fourth-order valence-electron chi connectivity index (χ4n) is 2.73. The van der Waals surface area contributed by atoms with Gasteiger partial charge in [0.1, 0.15) is 10.7 Å². The van der Waals surface area contributed by atoms with E-state index in [4.69, 9.17) is 0 Å². The maximum Gasteiger partial charge on any atom is 0.243 e. The molecule has 0 spiro atoms. The third-order valence-electron chi connectivity index (χ3n) is 4.47. The number of nitrogens with one attached hydrogen (secondary N) is 2. The van der Waals surface area contributed by atoms with Gasteiger partial charge < -0.3 is 5.32 Å². The Morgan fingerprint density at radius 2 is 2.05 bits per heavy atom. The second-order valence-corrected chi connectivity index (χ2v) is 7.56. The Kier molecular flexibility index (Phi) is 5.01. The van der Waals surface area contributed by atoms with Crippen molar-refractivity contribution in [3.8, 4) is 0 Å². The Labute approximate surface area is 126 Å². The first-order valence-electron chi connectivity index (χ1n) is 7.35. The van der Waals surface area contributed by atoms with Gasteiger partial charge in [-0.3, -0.25) is 0 Å². The van der Waals surface area contributed by atoms with Crippen molar-refractivity contribution in [1.29, 1.82) is 0 Å². The first-order chi connectivity index (χ1) is 9.92. The zero-order valence-electron chi connectivity index (χ0n) is 12.6. The molecule has 1 aromatic carbocycles. The monoisotopic (exact) mass is 314 g/mol. The molecule has 0 radical (unpaired) electrons. The molecule has 0 saturated heterocycles. The molecular weight excluding hydrogens is 291 g/mol. The average molecular weight is 314 g/mol. The molecule has 1 aliphatic carbocycles. The van der Waals surface area contributed by atoms with Gasteiger partial charge in [-0.1, -0.05) is 19.4 Å². The van der Waals surface area contributed by atoms with E-state index in [1.165, 1.54) is 12.1 Å². The van der Waals surface area contributed by atoms with Crippen LogP contribution in [0.25, 0.3) is 0 Å². The Morgan fingerprint density at radius 3 is 2.52 bits per heavy atom. The Balaban J connectivity index is 2.12. The third kappa shape index (κ3) is 3.62. The third-order valence-corrected chi connectivity index (χ3v) is 5.90. The highest BCUT2D eigenvalue weighted by atomic mass is 32.2. The van der Waals surface area contributed by atoms with Crippen molar-refractivity contribution in [3.63, 3.8) is 0 Å². The lowest BCUT2D eigenvalue weighted by Crippen LogP contribution is -2.41. The second-order valence-electron chi connectivity index (χ2n) is 5.83. The zero-order chi connectivity index (χ0) is 15.5. The van der Waals surface area contributed by atoms with Crippen molar-refractivity contribution in [2.75, 3.05) is 13.6 Å². The van der Waals surface area contributed by atoms with E-state index in [1.54, 1.807) is 13.1 Å². The van der Waals surface area contributed by atoms with Gasteiger partial charge in [0, 0.05) is 13.1 Å². The van der Waals surface area contributed by atoms with Crippen LogP contribution in [0.15, 0.2) is 23.1 Å². The Hall–Kier alpha value is -0.980. The molecule has 2 rings (SSSR count). The predicted molar refractivity (Wildman–Crippen MR) is 80.9 cm³/mol. The van der Waals surface area contributed by atoms with Crippen molar-refractivity contribution < 1.29 is 12.8 Å². The van der Waals surface area contributed by atoms with Crippen LogP contribution in [0.3, 0.4) is 0 Å². The van der Waals surface area contributed by atoms with Crippen LogP contribution >= 0.6 is 0 Å². The quantitative estimate of drug-likeness (QED) is 0.812. The minimum Gasteiger partial charge on any atom is -0.316 e. The van der Waals surface area contributed by atoms with E-state index in [0.29, 0.717) is 13.1 Å². The molecule has 0 heterocycles.